The Morgan fingerprint density at radius 2 is 2.03 bits per heavy atom. The molecule has 1 aliphatic rings. The van der Waals surface area contributed by atoms with Gasteiger partial charge in [0.15, 0.2) is 17.3 Å². The Bertz CT molecular complexity index is 1170. The molecule has 0 radical (unpaired) electrons. The summed E-state index contributed by atoms with van der Waals surface area (Å²) in [5, 5.41) is 6.35. The highest BCUT2D eigenvalue weighted by Crippen LogP contribution is 2.36. The van der Waals surface area contributed by atoms with E-state index in [2.05, 4.69) is 25.5 Å². The van der Waals surface area contributed by atoms with Gasteiger partial charge in [-0.1, -0.05) is 17.7 Å². The third kappa shape index (κ3) is 5.48. The summed E-state index contributed by atoms with van der Waals surface area (Å²) in [5.74, 6) is 1.06. The number of nitrogens with one attached hydrogen (secondary N) is 2. The second-order valence-corrected chi connectivity index (χ2v) is 8.46. The number of likely N-dealkylation sites (tertiary alicyclic amines) is 1. The minimum atomic E-state index is -0.552. The number of methoxy groups -OCH3 is 1. The van der Waals surface area contributed by atoms with Gasteiger partial charge >= 0.3 is 0 Å². The van der Waals surface area contributed by atoms with Crippen molar-refractivity contribution in [3.63, 3.8) is 0 Å². The van der Waals surface area contributed by atoms with Crippen LogP contribution in [-0.4, -0.2) is 60.7 Å². The molecule has 0 saturated carbocycles. The van der Waals surface area contributed by atoms with Crippen molar-refractivity contribution in [3.05, 3.63) is 47.5 Å². The molecule has 0 aliphatic carbocycles. The van der Waals surface area contributed by atoms with Gasteiger partial charge in [0.25, 0.3) is 0 Å². The number of anilines is 2. The summed E-state index contributed by atoms with van der Waals surface area (Å²) in [7, 11) is 3.23. The minimum Gasteiger partial charge on any atom is -0.493 e. The van der Waals surface area contributed by atoms with Crippen molar-refractivity contribution in [2.45, 2.75) is 25.4 Å². The lowest BCUT2D eigenvalue weighted by molar-refractivity contribution is -0.121. The maximum absolute atomic E-state index is 14.4. The highest BCUT2D eigenvalue weighted by atomic mass is 35.5. The van der Waals surface area contributed by atoms with Gasteiger partial charge in [-0.25, -0.2) is 14.4 Å². The molecule has 1 saturated heterocycles. The van der Waals surface area contributed by atoms with E-state index < -0.39 is 5.82 Å². The van der Waals surface area contributed by atoms with E-state index in [0.717, 1.165) is 32.5 Å². The van der Waals surface area contributed by atoms with E-state index in [0.29, 0.717) is 34.6 Å². The van der Waals surface area contributed by atoms with Crippen LogP contribution in [0.3, 0.4) is 0 Å². The molecule has 0 bridgehead atoms. The molecule has 34 heavy (non-hydrogen) atoms. The van der Waals surface area contributed by atoms with Crippen LogP contribution < -0.4 is 20.1 Å². The quantitative estimate of drug-likeness (QED) is 0.493. The molecule has 4 rings (SSSR count). The smallest absolute Gasteiger partial charge is 0.221 e. The Morgan fingerprint density at radius 3 is 2.76 bits per heavy atom. The van der Waals surface area contributed by atoms with Crippen molar-refractivity contribution in [2.75, 3.05) is 39.1 Å². The van der Waals surface area contributed by atoms with E-state index in [4.69, 9.17) is 21.1 Å². The lowest BCUT2D eigenvalue weighted by Crippen LogP contribution is -2.39. The summed E-state index contributed by atoms with van der Waals surface area (Å²) >= 11 is 5.92. The molecule has 10 heteroatoms. The third-order valence-corrected chi connectivity index (χ3v) is 6.18. The van der Waals surface area contributed by atoms with Crippen molar-refractivity contribution < 1.29 is 18.7 Å². The van der Waals surface area contributed by atoms with Gasteiger partial charge in [-0.05, 0) is 31.0 Å². The average molecular weight is 488 g/mol. The number of carbonyl (C=O) groups is 1. The summed E-state index contributed by atoms with van der Waals surface area (Å²) < 4.78 is 26.3. The molecule has 2 aromatic carbocycles. The van der Waals surface area contributed by atoms with Crippen LogP contribution in [0.5, 0.6) is 11.5 Å². The Balaban J connectivity index is 1.52. The fraction of sp³-hybridized carbons (Fsp3) is 0.375. The molecule has 180 valence electrons. The number of hydrogen-bond donors (Lipinski definition) is 2. The van der Waals surface area contributed by atoms with Gasteiger partial charge in [0.1, 0.15) is 18.2 Å². The lowest BCUT2D eigenvalue weighted by atomic mass is 10.1. The highest BCUT2D eigenvalue weighted by Gasteiger charge is 2.23. The lowest BCUT2D eigenvalue weighted by Gasteiger charge is -2.32. The molecule has 1 amide bonds. The number of nitrogens with zero attached hydrogens (tertiary/aromatic N) is 3. The second-order valence-electron chi connectivity index (χ2n) is 8.05. The molecule has 1 aliphatic heterocycles. The van der Waals surface area contributed by atoms with Crippen molar-refractivity contribution >= 4 is 39.9 Å². The summed E-state index contributed by atoms with van der Waals surface area (Å²) in [6, 6.07) is 8.34. The van der Waals surface area contributed by atoms with Gasteiger partial charge in [-0.2, -0.15) is 0 Å². The molecule has 8 nitrogen and oxygen atoms in total. The van der Waals surface area contributed by atoms with E-state index in [9.17, 15) is 9.18 Å². The van der Waals surface area contributed by atoms with Crippen molar-refractivity contribution in [1.82, 2.24) is 20.2 Å². The second kappa shape index (κ2) is 10.8. The van der Waals surface area contributed by atoms with Crippen LogP contribution >= 0.6 is 11.6 Å². The predicted octanol–water partition coefficient (Wildman–Crippen LogP) is 4.15. The van der Waals surface area contributed by atoms with Crippen LogP contribution in [0.4, 0.5) is 15.9 Å². The number of hydrogen-bond acceptors (Lipinski definition) is 7. The molecule has 1 fully saturated rings. The van der Waals surface area contributed by atoms with E-state index in [-0.39, 0.29) is 22.7 Å². The summed E-state index contributed by atoms with van der Waals surface area (Å²) in [6.45, 7) is 2.43. The van der Waals surface area contributed by atoms with Gasteiger partial charge in [0, 0.05) is 44.6 Å². The SMILES string of the molecule is CNC(=O)CCN1CCC(Oc2cc3c(Nc4cccc(Cl)c4F)ncnc3cc2OC)CC1. The van der Waals surface area contributed by atoms with Gasteiger partial charge < -0.3 is 25.0 Å². The van der Waals surface area contributed by atoms with Gasteiger partial charge in [-0.15, -0.1) is 0 Å². The number of rotatable bonds is 8. The summed E-state index contributed by atoms with van der Waals surface area (Å²) in [6.07, 6.45) is 3.57. The number of fused-ring (bicyclic) bond motifs is 1. The standard InChI is InChI=1S/C24H27ClFN5O3/c1-27-22(32)8-11-31-9-6-15(7-10-31)34-21-12-16-19(13-20(21)33-2)28-14-29-24(16)30-18-5-3-4-17(25)23(18)26/h3-5,12-15H,6-11H2,1-2H3,(H,27,32)(H,28,29,30). The van der Waals surface area contributed by atoms with Crippen LogP contribution in [0, 0.1) is 5.82 Å². The highest BCUT2D eigenvalue weighted by molar-refractivity contribution is 6.31. The molecule has 2 N–H and O–H groups in total. The van der Waals surface area contributed by atoms with E-state index in [1.165, 1.54) is 12.4 Å². The van der Waals surface area contributed by atoms with Gasteiger partial charge in [0.2, 0.25) is 5.91 Å². The van der Waals surface area contributed by atoms with Crippen molar-refractivity contribution in [1.29, 1.82) is 0 Å². The zero-order valence-electron chi connectivity index (χ0n) is 19.1. The van der Waals surface area contributed by atoms with Crippen molar-refractivity contribution in [3.8, 4) is 11.5 Å². The molecule has 0 unspecified atom stereocenters. The van der Waals surface area contributed by atoms with Crippen LogP contribution in [0.1, 0.15) is 19.3 Å². The monoisotopic (exact) mass is 487 g/mol. The van der Waals surface area contributed by atoms with Gasteiger partial charge in [0.05, 0.1) is 23.3 Å². The van der Waals surface area contributed by atoms with Crippen LogP contribution in [0.2, 0.25) is 5.02 Å². The first kappa shape index (κ1) is 24.0. The molecular weight excluding hydrogens is 461 g/mol. The molecular formula is C24H27ClFN5O3. The zero-order valence-corrected chi connectivity index (χ0v) is 19.9. The first-order valence-corrected chi connectivity index (χ1v) is 11.5. The molecule has 0 atom stereocenters. The maximum atomic E-state index is 14.4. The number of aromatic nitrogens is 2. The number of ether oxygens (including phenoxy) is 2. The van der Waals surface area contributed by atoms with E-state index >= 15 is 0 Å². The van der Waals surface area contributed by atoms with Gasteiger partial charge in [-0.3, -0.25) is 4.79 Å². The summed E-state index contributed by atoms with van der Waals surface area (Å²) in [5.41, 5.74) is 0.850. The number of halogens is 2. The molecule has 1 aromatic heterocycles. The Hall–Kier alpha value is -3.17. The number of amides is 1. The Labute approximate surface area is 202 Å². The number of piperidine rings is 1. The minimum absolute atomic E-state index is 0.00835. The Morgan fingerprint density at radius 1 is 1.24 bits per heavy atom. The molecule has 2 heterocycles. The topological polar surface area (TPSA) is 88.6 Å². The molecule has 3 aromatic rings. The zero-order chi connectivity index (χ0) is 24.1. The normalized spacial score (nSPS) is 14.7. The van der Waals surface area contributed by atoms with Crippen LogP contribution in [0.15, 0.2) is 36.7 Å². The third-order valence-electron chi connectivity index (χ3n) is 5.89. The van der Waals surface area contributed by atoms with Crippen LogP contribution in [0.25, 0.3) is 10.9 Å². The fourth-order valence-corrected chi connectivity index (χ4v) is 4.13. The largest absolute Gasteiger partial charge is 0.493 e. The van der Waals surface area contributed by atoms with E-state index in [1.54, 1.807) is 32.4 Å². The van der Waals surface area contributed by atoms with Crippen molar-refractivity contribution in [2.24, 2.45) is 0 Å². The first-order chi connectivity index (χ1) is 16.5. The maximum Gasteiger partial charge on any atom is 0.221 e. The summed E-state index contributed by atoms with van der Waals surface area (Å²) in [4.78, 5) is 22.4. The Kier molecular flexibility index (Phi) is 7.64. The first-order valence-electron chi connectivity index (χ1n) is 11.1. The van der Waals surface area contributed by atoms with Crippen LogP contribution in [-0.2, 0) is 4.79 Å². The fourth-order valence-electron chi connectivity index (χ4n) is 3.96. The number of benzene rings is 2. The average Bonchev–Trinajstić information content (AvgIpc) is 2.86. The van der Waals surface area contributed by atoms with E-state index in [1.807, 2.05) is 6.07 Å². The molecule has 0 spiro atoms. The number of carbonyl (C=O) groups excluding carboxylic acids is 1. The predicted molar refractivity (Wildman–Crippen MR) is 130 cm³/mol.